The molecule has 2 aliphatic heterocycles. The van der Waals surface area contributed by atoms with E-state index >= 15 is 0 Å². The number of urea groups is 1. The summed E-state index contributed by atoms with van der Waals surface area (Å²) in [7, 11) is 0. The highest BCUT2D eigenvalue weighted by Gasteiger charge is 2.43. The fraction of sp³-hybridized carbons (Fsp3) is 0.667. The minimum absolute atomic E-state index is 0.138. The Bertz CT molecular complexity index is 597. The second-order valence-electron chi connectivity index (χ2n) is 7.32. The Balaban J connectivity index is 1.53. The molecule has 1 aromatic rings. The van der Waals surface area contributed by atoms with Gasteiger partial charge in [-0.15, -0.1) is 11.3 Å². The number of hydrogen-bond acceptors (Lipinski definition) is 5. The van der Waals surface area contributed by atoms with Gasteiger partial charge in [0.2, 0.25) is 0 Å². The van der Waals surface area contributed by atoms with Crippen LogP contribution in [0.15, 0.2) is 17.5 Å². The predicted molar refractivity (Wildman–Crippen MR) is 97.5 cm³/mol. The zero-order valence-corrected chi connectivity index (χ0v) is 15.8. The van der Waals surface area contributed by atoms with Crippen molar-refractivity contribution in [2.24, 2.45) is 0 Å². The summed E-state index contributed by atoms with van der Waals surface area (Å²) in [5.41, 5.74) is -0.786. The lowest BCUT2D eigenvalue weighted by molar-refractivity contribution is -0.130. The molecule has 25 heavy (non-hydrogen) atoms. The Kier molecular flexibility index (Phi) is 5.76. The van der Waals surface area contributed by atoms with Crippen LogP contribution in [0.4, 0.5) is 4.79 Å². The van der Waals surface area contributed by atoms with Crippen LogP contribution in [0.3, 0.4) is 0 Å². The van der Waals surface area contributed by atoms with E-state index in [-0.39, 0.29) is 11.9 Å². The molecule has 2 aliphatic rings. The van der Waals surface area contributed by atoms with Crippen LogP contribution in [0.25, 0.3) is 0 Å². The van der Waals surface area contributed by atoms with Crippen molar-refractivity contribution in [2.75, 3.05) is 26.2 Å². The zero-order valence-electron chi connectivity index (χ0n) is 15.0. The molecule has 0 aromatic carbocycles. The number of imide groups is 1. The van der Waals surface area contributed by atoms with Gasteiger partial charge in [-0.05, 0) is 44.6 Å². The molecule has 1 aromatic heterocycles. The smallest absolute Gasteiger partial charge is 0.325 e. The number of thiophene rings is 1. The number of hydrogen-bond donors (Lipinski definition) is 1. The van der Waals surface area contributed by atoms with Crippen LogP contribution in [-0.2, 0) is 16.1 Å². The third kappa shape index (κ3) is 4.59. The molecule has 3 amide bonds. The minimum Gasteiger partial charge on any atom is -0.377 e. The molecule has 1 N–H and O–H groups in total. The van der Waals surface area contributed by atoms with Crippen LogP contribution in [0.2, 0.25) is 0 Å². The van der Waals surface area contributed by atoms with Gasteiger partial charge in [-0.25, -0.2) is 4.79 Å². The maximum absolute atomic E-state index is 12.3. The van der Waals surface area contributed by atoms with Crippen molar-refractivity contribution in [3.63, 3.8) is 0 Å². The molecule has 1 atom stereocenters. The van der Waals surface area contributed by atoms with Crippen LogP contribution in [0, 0.1) is 0 Å². The van der Waals surface area contributed by atoms with Crippen LogP contribution in [0.5, 0.6) is 0 Å². The normalized spacial score (nSPS) is 22.8. The summed E-state index contributed by atoms with van der Waals surface area (Å²) >= 11 is 1.76. The van der Waals surface area contributed by atoms with Crippen LogP contribution < -0.4 is 5.32 Å². The Morgan fingerprint density at radius 3 is 2.88 bits per heavy atom. The average molecular weight is 365 g/mol. The van der Waals surface area contributed by atoms with Gasteiger partial charge in [-0.2, -0.15) is 0 Å². The topological polar surface area (TPSA) is 61.9 Å². The number of nitrogens with one attached hydrogen (secondary N) is 1. The first kappa shape index (κ1) is 18.4. The van der Waals surface area contributed by atoms with Gasteiger partial charge in [0.25, 0.3) is 5.91 Å². The standard InChI is InChI=1S/C18H27N3O3S/c1-18(2)16(22)21(17(23)19-18)9-5-8-20(12-14-6-3-10-24-14)13-15-7-4-11-25-15/h4,7,11,14H,3,5-6,8-10,12-13H2,1-2H3,(H,19,23)/t14-/m1/s1. The Hall–Kier alpha value is -1.44. The summed E-state index contributed by atoms with van der Waals surface area (Å²) in [6.45, 7) is 7.44. The van der Waals surface area contributed by atoms with E-state index < -0.39 is 5.54 Å². The van der Waals surface area contributed by atoms with E-state index in [1.54, 1.807) is 25.2 Å². The maximum atomic E-state index is 12.3. The predicted octanol–water partition coefficient (Wildman–Crippen LogP) is 2.45. The summed E-state index contributed by atoms with van der Waals surface area (Å²) in [6, 6.07) is 3.94. The first-order valence-electron chi connectivity index (χ1n) is 8.96. The molecule has 3 heterocycles. The molecular weight excluding hydrogens is 338 g/mol. The van der Waals surface area contributed by atoms with Crippen molar-refractivity contribution in [2.45, 2.75) is 51.3 Å². The molecule has 6 nitrogen and oxygen atoms in total. The van der Waals surface area contributed by atoms with Crippen molar-refractivity contribution in [3.05, 3.63) is 22.4 Å². The molecule has 0 spiro atoms. The molecular formula is C18H27N3O3S. The Morgan fingerprint density at radius 2 is 2.28 bits per heavy atom. The number of amides is 3. The van der Waals surface area contributed by atoms with Crippen molar-refractivity contribution in [1.82, 2.24) is 15.1 Å². The number of rotatable bonds is 8. The molecule has 0 bridgehead atoms. The monoisotopic (exact) mass is 365 g/mol. The fourth-order valence-electron chi connectivity index (χ4n) is 3.41. The van der Waals surface area contributed by atoms with Gasteiger partial charge in [0.05, 0.1) is 6.10 Å². The number of ether oxygens (including phenoxy) is 1. The highest BCUT2D eigenvalue weighted by atomic mass is 32.1. The van der Waals surface area contributed by atoms with Crippen molar-refractivity contribution in [1.29, 1.82) is 0 Å². The zero-order chi connectivity index (χ0) is 17.9. The van der Waals surface area contributed by atoms with Gasteiger partial charge in [-0.1, -0.05) is 6.07 Å². The van der Waals surface area contributed by atoms with Gasteiger partial charge in [0, 0.05) is 37.7 Å². The van der Waals surface area contributed by atoms with Gasteiger partial charge < -0.3 is 10.1 Å². The van der Waals surface area contributed by atoms with Crippen LogP contribution in [-0.4, -0.2) is 59.6 Å². The number of carbonyl (C=O) groups is 2. The minimum atomic E-state index is -0.786. The summed E-state index contributed by atoms with van der Waals surface area (Å²) < 4.78 is 5.78. The third-order valence-corrected chi connectivity index (χ3v) is 5.61. The largest absolute Gasteiger partial charge is 0.377 e. The lowest BCUT2D eigenvalue weighted by atomic mass is 10.1. The fourth-order valence-corrected chi connectivity index (χ4v) is 4.15. The van der Waals surface area contributed by atoms with E-state index in [1.165, 1.54) is 9.78 Å². The summed E-state index contributed by atoms with van der Waals surface area (Å²) in [6.07, 6.45) is 3.32. The first-order chi connectivity index (χ1) is 12.0. The van der Waals surface area contributed by atoms with Crippen molar-refractivity contribution >= 4 is 23.3 Å². The maximum Gasteiger partial charge on any atom is 0.325 e. The molecule has 0 aliphatic carbocycles. The lowest BCUT2D eigenvalue weighted by Gasteiger charge is -2.25. The Morgan fingerprint density at radius 1 is 1.44 bits per heavy atom. The van der Waals surface area contributed by atoms with Crippen molar-refractivity contribution < 1.29 is 14.3 Å². The number of nitrogens with zero attached hydrogens (tertiary/aromatic N) is 2. The molecule has 0 saturated carbocycles. The van der Waals surface area contributed by atoms with Gasteiger partial charge in [0.15, 0.2) is 0 Å². The molecule has 2 fully saturated rings. The van der Waals surface area contributed by atoms with Gasteiger partial charge in [0.1, 0.15) is 5.54 Å². The average Bonchev–Trinajstić information content (AvgIpc) is 3.26. The van der Waals surface area contributed by atoms with Gasteiger partial charge >= 0.3 is 6.03 Å². The van der Waals surface area contributed by atoms with E-state index in [0.29, 0.717) is 12.6 Å². The van der Waals surface area contributed by atoms with E-state index in [2.05, 4.69) is 27.7 Å². The summed E-state index contributed by atoms with van der Waals surface area (Å²) in [5, 5.41) is 4.82. The SMILES string of the molecule is CC1(C)NC(=O)N(CCCN(Cc2cccs2)C[C@H]2CCCO2)C1=O. The van der Waals surface area contributed by atoms with E-state index in [9.17, 15) is 9.59 Å². The highest BCUT2D eigenvalue weighted by Crippen LogP contribution is 2.19. The molecule has 3 rings (SSSR count). The van der Waals surface area contributed by atoms with Gasteiger partial charge in [-0.3, -0.25) is 14.6 Å². The van der Waals surface area contributed by atoms with E-state index in [1.807, 2.05) is 0 Å². The quantitative estimate of drug-likeness (QED) is 0.719. The first-order valence-corrected chi connectivity index (χ1v) is 9.84. The second-order valence-corrected chi connectivity index (χ2v) is 8.35. The lowest BCUT2D eigenvalue weighted by Crippen LogP contribution is -2.40. The highest BCUT2D eigenvalue weighted by molar-refractivity contribution is 7.09. The van der Waals surface area contributed by atoms with Crippen LogP contribution >= 0.6 is 11.3 Å². The number of carbonyl (C=O) groups excluding carboxylic acids is 2. The van der Waals surface area contributed by atoms with Crippen molar-refractivity contribution in [3.8, 4) is 0 Å². The third-order valence-electron chi connectivity index (χ3n) is 4.75. The van der Waals surface area contributed by atoms with E-state index in [0.717, 1.165) is 45.5 Å². The molecule has 2 saturated heterocycles. The molecule has 0 radical (unpaired) electrons. The van der Waals surface area contributed by atoms with Crippen LogP contribution in [0.1, 0.15) is 38.0 Å². The Labute approximate surface area is 153 Å². The summed E-state index contributed by atoms with van der Waals surface area (Å²) in [5.74, 6) is -0.138. The molecule has 138 valence electrons. The second kappa shape index (κ2) is 7.85. The molecule has 7 heteroatoms. The summed E-state index contributed by atoms with van der Waals surface area (Å²) in [4.78, 5) is 29.3. The molecule has 0 unspecified atom stereocenters. The van der Waals surface area contributed by atoms with E-state index in [4.69, 9.17) is 4.74 Å².